The van der Waals surface area contributed by atoms with Crippen molar-refractivity contribution in [1.82, 2.24) is 15.3 Å². The molecule has 8 heteroatoms. The van der Waals surface area contributed by atoms with Crippen molar-refractivity contribution in [2.24, 2.45) is 0 Å². The molecule has 0 aliphatic heterocycles. The molecule has 0 atom stereocenters. The Hall–Kier alpha value is -3.42. The number of hydrogen-bond acceptors (Lipinski definition) is 4. The molecule has 2 heterocycles. The van der Waals surface area contributed by atoms with Crippen LogP contribution in [0.5, 0.6) is 0 Å². The summed E-state index contributed by atoms with van der Waals surface area (Å²) in [6, 6.07) is 13.4. The number of para-hydroxylation sites is 1. The number of amides is 1. The third kappa shape index (κ3) is 4.81. The van der Waals surface area contributed by atoms with Crippen LogP contribution in [-0.4, -0.2) is 15.9 Å². The zero-order chi connectivity index (χ0) is 19.3. The number of halogens is 3. The van der Waals surface area contributed by atoms with Crippen LogP contribution < -0.4 is 10.6 Å². The van der Waals surface area contributed by atoms with E-state index < -0.39 is 17.6 Å². The molecule has 0 bridgehead atoms. The van der Waals surface area contributed by atoms with E-state index in [1.54, 1.807) is 18.3 Å². The average Bonchev–Trinajstić information content (AvgIpc) is 2.67. The van der Waals surface area contributed by atoms with Gasteiger partial charge in [-0.15, -0.1) is 0 Å². The van der Waals surface area contributed by atoms with Gasteiger partial charge in [0.2, 0.25) is 0 Å². The van der Waals surface area contributed by atoms with E-state index in [4.69, 9.17) is 0 Å². The molecule has 27 heavy (non-hydrogen) atoms. The molecule has 2 aromatic heterocycles. The number of pyridine rings is 2. The Morgan fingerprint density at radius 2 is 1.74 bits per heavy atom. The fraction of sp³-hybridized carbons (Fsp3) is 0.105. The fourth-order valence-electron chi connectivity index (χ4n) is 2.36. The second-order valence-electron chi connectivity index (χ2n) is 5.60. The van der Waals surface area contributed by atoms with E-state index in [0.29, 0.717) is 11.4 Å². The van der Waals surface area contributed by atoms with Crippen LogP contribution in [0, 0.1) is 0 Å². The summed E-state index contributed by atoms with van der Waals surface area (Å²) < 4.78 is 39.1. The molecule has 1 aromatic carbocycles. The molecule has 0 fully saturated rings. The predicted octanol–water partition coefficient (Wildman–Crippen LogP) is 4.17. The second-order valence-corrected chi connectivity index (χ2v) is 5.60. The molecule has 3 rings (SSSR count). The molecule has 3 aromatic rings. The van der Waals surface area contributed by atoms with Crippen LogP contribution in [0.15, 0.2) is 67.0 Å². The number of carbonyl (C=O) groups excluding carboxylic acids is 1. The number of benzene rings is 1. The molecule has 0 unspecified atom stereocenters. The number of hydrogen-bond donors (Lipinski definition) is 2. The number of aromatic nitrogens is 2. The Morgan fingerprint density at radius 1 is 0.963 bits per heavy atom. The van der Waals surface area contributed by atoms with Crippen molar-refractivity contribution in [3.8, 4) is 0 Å². The van der Waals surface area contributed by atoms with Crippen LogP contribution in [-0.2, 0) is 12.7 Å². The third-order valence-corrected chi connectivity index (χ3v) is 3.66. The minimum Gasteiger partial charge on any atom is -0.354 e. The lowest BCUT2D eigenvalue weighted by molar-refractivity contribution is -0.136. The Bertz CT molecular complexity index is 912. The van der Waals surface area contributed by atoms with Gasteiger partial charge in [0.1, 0.15) is 5.69 Å². The van der Waals surface area contributed by atoms with Crippen LogP contribution in [0.1, 0.15) is 21.7 Å². The molecule has 138 valence electrons. The van der Waals surface area contributed by atoms with Gasteiger partial charge in [-0.2, -0.15) is 13.2 Å². The van der Waals surface area contributed by atoms with Gasteiger partial charge < -0.3 is 10.6 Å². The maximum absolute atomic E-state index is 13.0. The Kier molecular flexibility index (Phi) is 5.35. The van der Waals surface area contributed by atoms with Gasteiger partial charge in [0.25, 0.3) is 5.91 Å². The number of alkyl halides is 3. The van der Waals surface area contributed by atoms with Crippen molar-refractivity contribution in [3.05, 3.63) is 83.9 Å². The van der Waals surface area contributed by atoms with Gasteiger partial charge in [0.15, 0.2) is 0 Å². The Morgan fingerprint density at radius 3 is 2.41 bits per heavy atom. The second kappa shape index (κ2) is 7.86. The van der Waals surface area contributed by atoms with E-state index in [1.165, 1.54) is 36.5 Å². The van der Waals surface area contributed by atoms with Crippen LogP contribution in [0.2, 0.25) is 0 Å². The topological polar surface area (TPSA) is 66.9 Å². The van der Waals surface area contributed by atoms with Gasteiger partial charge in [0, 0.05) is 6.20 Å². The number of nitrogens with one attached hydrogen (secondary N) is 2. The summed E-state index contributed by atoms with van der Waals surface area (Å²) in [6.07, 6.45) is -1.54. The highest BCUT2D eigenvalue weighted by Crippen LogP contribution is 2.35. The first kappa shape index (κ1) is 18.4. The largest absolute Gasteiger partial charge is 0.418 e. The summed E-state index contributed by atoms with van der Waals surface area (Å²) in [5, 5.41) is 5.36. The zero-order valence-electron chi connectivity index (χ0n) is 14.0. The molecule has 0 saturated carbocycles. The lowest BCUT2D eigenvalue weighted by Gasteiger charge is -2.14. The van der Waals surface area contributed by atoms with Crippen molar-refractivity contribution in [2.45, 2.75) is 12.7 Å². The first-order valence-electron chi connectivity index (χ1n) is 8.01. The lowest BCUT2D eigenvalue weighted by atomic mass is 10.1. The average molecular weight is 372 g/mol. The molecule has 0 radical (unpaired) electrons. The van der Waals surface area contributed by atoms with E-state index in [1.807, 2.05) is 6.07 Å². The first-order valence-corrected chi connectivity index (χ1v) is 8.01. The summed E-state index contributed by atoms with van der Waals surface area (Å²) in [4.78, 5) is 20.2. The molecule has 0 spiro atoms. The van der Waals surface area contributed by atoms with Gasteiger partial charge in [-0.3, -0.25) is 9.78 Å². The van der Waals surface area contributed by atoms with E-state index in [-0.39, 0.29) is 17.9 Å². The summed E-state index contributed by atoms with van der Waals surface area (Å²) in [6.45, 7) is 0.250. The van der Waals surface area contributed by atoms with Crippen molar-refractivity contribution < 1.29 is 18.0 Å². The van der Waals surface area contributed by atoms with Gasteiger partial charge in [-0.1, -0.05) is 18.2 Å². The SMILES string of the molecule is O=C(NCc1ccccn1)c1ccc(Nc2ccccc2C(F)(F)F)cn1. The summed E-state index contributed by atoms with van der Waals surface area (Å²) in [5.41, 5.74) is 0.336. The minimum absolute atomic E-state index is 0.0841. The van der Waals surface area contributed by atoms with Crippen LogP contribution in [0.4, 0.5) is 24.5 Å². The monoisotopic (exact) mass is 372 g/mol. The maximum Gasteiger partial charge on any atom is 0.418 e. The van der Waals surface area contributed by atoms with Crippen molar-refractivity contribution in [1.29, 1.82) is 0 Å². The van der Waals surface area contributed by atoms with E-state index in [0.717, 1.165) is 6.07 Å². The predicted molar refractivity (Wildman–Crippen MR) is 94.4 cm³/mol. The van der Waals surface area contributed by atoms with Crippen LogP contribution >= 0.6 is 0 Å². The number of carbonyl (C=O) groups is 1. The number of nitrogens with zero attached hydrogens (tertiary/aromatic N) is 2. The molecule has 1 amide bonds. The van der Waals surface area contributed by atoms with E-state index in [2.05, 4.69) is 20.6 Å². The van der Waals surface area contributed by atoms with Crippen molar-refractivity contribution in [3.63, 3.8) is 0 Å². The van der Waals surface area contributed by atoms with Gasteiger partial charge >= 0.3 is 6.18 Å². The highest BCUT2D eigenvalue weighted by molar-refractivity contribution is 5.92. The fourth-order valence-corrected chi connectivity index (χ4v) is 2.36. The van der Waals surface area contributed by atoms with Gasteiger partial charge in [-0.25, -0.2) is 4.98 Å². The minimum atomic E-state index is -4.47. The zero-order valence-corrected chi connectivity index (χ0v) is 14.0. The molecule has 2 N–H and O–H groups in total. The molecular formula is C19H15F3N4O. The van der Waals surface area contributed by atoms with Gasteiger partial charge in [0.05, 0.1) is 35.4 Å². The summed E-state index contributed by atoms with van der Waals surface area (Å²) >= 11 is 0. The molecular weight excluding hydrogens is 357 g/mol. The normalized spacial score (nSPS) is 11.1. The quantitative estimate of drug-likeness (QED) is 0.706. The Balaban J connectivity index is 1.66. The van der Waals surface area contributed by atoms with E-state index >= 15 is 0 Å². The maximum atomic E-state index is 13.0. The number of rotatable bonds is 5. The Labute approximate surface area is 153 Å². The molecule has 0 saturated heterocycles. The van der Waals surface area contributed by atoms with Crippen LogP contribution in [0.3, 0.4) is 0 Å². The standard InChI is InChI=1S/C19H15F3N4O/c20-19(21,22)15-6-1-2-7-16(15)26-14-8-9-17(24-12-14)18(27)25-11-13-5-3-4-10-23-13/h1-10,12,26H,11H2,(H,25,27). The van der Waals surface area contributed by atoms with Gasteiger partial charge in [-0.05, 0) is 36.4 Å². The summed E-state index contributed by atoms with van der Waals surface area (Å²) in [7, 11) is 0. The lowest BCUT2D eigenvalue weighted by Crippen LogP contribution is -2.24. The number of anilines is 2. The first-order chi connectivity index (χ1) is 12.9. The van der Waals surface area contributed by atoms with Crippen molar-refractivity contribution >= 4 is 17.3 Å². The molecule has 0 aliphatic rings. The van der Waals surface area contributed by atoms with Crippen molar-refractivity contribution in [2.75, 3.05) is 5.32 Å². The highest BCUT2D eigenvalue weighted by atomic mass is 19.4. The summed E-state index contributed by atoms with van der Waals surface area (Å²) in [5.74, 6) is -0.400. The van der Waals surface area contributed by atoms with E-state index in [9.17, 15) is 18.0 Å². The van der Waals surface area contributed by atoms with Crippen LogP contribution in [0.25, 0.3) is 0 Å². The third-order valence-electron chi connectivity index (χ3n) is 3.66. The smallest absolute Gasteiger partial charge is 0.354 e. The molecule has 0 aliphatic carbocycles. The molecule has 5 nitrogen and oxygen atoms in total. The highest BCUT2D eigenvalue weighted by Gasteiger charge is 2.33.